The Morgan fingerprint density at radius 3 is 2.82 bits per heavy atom. The molecule has 6 rings (SSSR count). The molecule has 38 heavy (non-hydrogen) atoms. The van der Waals surface area contributed by atoms with E-state index in [1.54, 1.807) is 22.7 Å². The van der Waals surface area contributed by atoms with Crippen LogP contribution in [0.25, 0.3) is 27.9 Å². The number of ether oxygens (including phenoxy) is 3. The summed E-state index contributed by atoms with van der Waals surface area (Å²) in [6.45, 7) is 1.06. The molecule has 1 aliphatic rings. The van der Waals surface area contributed by atoms with Gasteiger partial charge in [0.15, 0.2) is 23.4 Å². The minimum absolute atomic E-state index is 0.124. The van der Waals surface area contributed by atoms with Crippen LogP contribution in [0.5, 0.6) is 5.88 Å². The highest BCUT2D eigenvalue weighted by molar-refractivity contribution is 5.97. The number of nitrogens with zero attached hydrogens (tertiary/aromatic N) is 6. The van der Waals surface area contributed by atoms with Gasteiger partial charge < -0.3 is 18.7 Å². The van der Waals surface area contributed by atoms with E-state index in [4.69, 9.17) is 24.6 Å². The van der Waals surface area contributed by atoms with Crippen molar-refractivity contribution in [2.45, 2.75) is 38.8 Å². The lowest BCUT2D eigenvalue weighted by Crippen LogP contribution is -2.30. The molecule has 0 bridgehead atoms. The second-order valence-electron chi connectivity index (χ2n) is 8.70. The normalized spacial score (nSPS) is 15.7. The second kappa shape index (κ2) is 10.5. The third-order valence-electron chi connectivity index (χ3n) is 6.14. The summed E-state index contributed by atoms with van der Waals surface area (Å²) in [6.07, 6.45) is 4.19. The van der Waals surface area contributed by atoms with Crippen molar-refractivity contribution >= 4 is 22.3 Å². The molecule has 0 spiro atoms. The largest absolute Gasteiger partial charge is 0.470 e. The van der Waals surface area contributed by atoms with Crippen LogP contribution in [0.3, 0.4) is 0 Å². The van der Waals surface area contributed by atoms with E-state index in [-0.39, 0.29) is 19.5 Å². The van der Waals surface area contributed by atoms with E-state index in [9.17, 15) is 4.79 Å². The molecule has 1 aliphatic heterocycles. The Morgan fingerprint density at radius 2 is 2.03 bits per heavy atom. The van der Waals surface area contributed by atoms with Gasteiger partial charge in [-0.2, -0.15) is 4.52 Å². The number of rotatable bonds is 8. The summed E-state index contributed by atoms with van der Waals surface area (Å²) < 4.78 is 24.5. The summed E-state index contributed by atoms with van der Waals surface area (Å²) in [7, 11) is 0. The Morgan fingerprint density at radius 1 is 1.13 bits per heavy atom. The lowest BCUT2D eigenvalue weighted by atomic mass is 10.2. The molecule has 194 valence electrons. The monoisotopic (exact) mass is 516 g/mol. The fourth-order valence-corrected chi connectivity index (χ4v) is 4.19. The van der Waals surface area contributed by atoms with Gasteiger partial charge in [0.1, 0.15) is 13.2 Å². The lowest BCUT2D eigenvalue weighted by Gasteiger charge is -2.21. The van der Waals surface area contributed by atoms with Gasteiger partial charge in [0.2, 0.25) is 11.7 Å². The molecule has 4 aromatic heterocycles. The van der Waals surface area contributed by atoms with Crippen molar-refractivity contribution in [3.05, 3.63) is 65.7 Å². The van der Waals surface area contributed by atoms with E-state index >= 15 is 0 Å². The van der Waals surface area contributed by atoms with Gasteiger partial charge in [-0.15, -0.1) is 15.3 Å². The standard InChI is InChI=1S/C25H24N8O5/c26-28-24(34)15-8-9-16(27-12-15)13-37-25-19-6-2-1-5-18(19)22-29-30-23(33(22)31-25)20-11-17(38-32-20)14-36-21-7-3-4-10-35-21/h1-2,5-6,8-9,11-12,21H,3-4,7,10,13-14,26H2,(H,28,34). The number of nitrogen functional groups attached to an aromatic ring is 1. The molecule has 0 saturated carbocycles. The predicted octanol–water partition coefficient (Wildman–Crippen LogP) is 2.55. The number of nitrogens with one attached hydrogen (secondary N) is 1. The van der Waals surface area contributed by atoms with Crippen LogP contribution in [0.2, 0.25) is 0 Å². The maximum Gasteiger partial charge on any atom is 0.266 e. The van der Waals surface area contributed by atoms with Crippen LogP contribution in [0, 0.1) is 0 Å². The SMILES string of the molecule is NNC(=O)c1ccc(COc2nn3c(-c4cc(COC5CCCCO5)on4)nnc3c3ccccc23)nc1. The molecule has 0 aliphatic carbocycles. The minimum atomic E-state index is -0.423. The van der Waals surface area contributed by atoms with E-state index in [1.807, 2.05) is 24.3 Å². The highest BCUT2D eigenvalue weighted by atomic mass is 16.7. The highest BCUT2D eigenvalue weighted by Crippen LogP contribution is 2.29. The van der Waals surface area contributed by atoms with Crippen molar-refractivity contribution in [3.63, 3.8) is 0 Å². The number of fused-ring (bicyclic) bond motifs is 3. The van der Waals surface area contributed by atoms with E-state index in [2.05, 4.69) is 30.9 Å². The summed E-state index contributed by atoms with van der Waals surface area (Å²) in [5, 5.41) is 19.1. The van der Waals surface area contributed by atoms with E-state index in [0.29, 0.717) is 46.7 Å². The van der Waals surface area contributed by atoms with Crippen LogP contribution in [-0.2, 0) is 22.7 Å². The van der Waals surface area contributed by atoms with Crippen molar-refractivity contribution in [1.82, 2.24) is 35.4 Å². The van der Waals surface area contributed by atoms with Crippen molar-refractivity contribution in [2.24, 2.45) is 5.84 Å². The topological polar surface area (TPSA) is 165 Å². The van der Waals surface area contributed by atoms with Crippen LogP contribution < -0.4 is 16.0 Å². The van der Waals surface area contributed by atoms with Gasteiger partial charge in [-0.05, 0) is 37.5 Å². The average molecular weight is 517 g/mol. The smallest absolute Gasteiger partial charge is 0.266 e. The van der Waals surface area contributed by atoms with Crippen LogP contribution in [-0.4, -0.2) is 48.8 Å². The predicted molar refractivity (Wildman–Crippen MR) is 132 cm³/mol. The zero-order valence-corrected chi connectivity index (χ0v) is 20.2. The van der Waals surface area contributed by atoms with Crippen LogP contribution >= 0.6 is 0 Å². The first kappa shape index (κ1) is 23.9. The van der Waals surface area contributed by atoms with Crippen molar-refractivity contribution in [2.75, 3.05) is 6.61 Å². The van der Waals surface area contributed by atoms with Crippen molar-refractivity contribution < 1.29 is 23.5 Å². The number of hydrazine groups is 1. The van der Waals surface area contributed by atoms with Gasteiger partial charge in [-0.3, -0.25) is 15.2 Å². The van der Waals surface area contributed by atoms with Crippen LogP contribution in [0.15, 0.2) is 53.2 Å². The zero-order valence-electron chi connectivity index (χ0n) is 20.2. The summed E-state index contributed by atoms with van der Waals surface area (Å²) in [5.41, 5.74) is 4.04. The van der Waals surface area contributed by atoms with Crippen molar-refractivity contribution in [3.8, 4) is 17.4 Å². The first-order valence-corrected chi connectivity index (χ1v) is 12.1. The molecule has 1 amide bonds. The van der Waals surface area contributed by atoms with Gasteiger partial charge >= 0.3 is 0 Å². The van der Waals surface area contributed by atoms with Gasteiger partial charge in [-0.25, -0.2) is 5.84 Å². The molecule has 3 N–H and O–H groups in total. The molecule has 13 heteroatoms. The Bertz CT molecular complexity index is 1580. The third-order valence-corrected chi connectivity index (χ3v) is 6.14. The highest BCUT2D eigenvalue weighted by Gasteiger charge is 2.20. The first-order chi connectivity index (χ1) is 18.7. The average Bonchev–Trinajstić information content (AvgIpc) is 3.62. The molecular weight excluding hydrogens is 492 g/mol. The number of aromatic nitrogens is 6. The molecule has 1 unspecified atom stereocenters. The number of nitrogens with two attached hydrogens (primary N) is 1. The maximum absolute atomic E-state index is 11.7. The molecule has 1 saturated heterocycles. The summed E-state index contributed by atoms with van der Waals surface area (Å²) in [6, 6.07) is 12.7. The fourth-order valence-electron chi connectivity index (χ4n) is 4.19. The molecule has 0 radical (unpaired) electrons. The number of hydrogen-bond donors (Lipinski definition) is 2. The van der Waals surface area contributed by atoms with Gasteiger partial charge in [-0.1, -0.05) is 23.4 Å². The second-order valence-corrected chi connectivity index (χ2v) is 8.70. The van der Waals surface area contributed by atoms with Gasteiger partial charge in [0.25, 0.3) is 5.91 Å². The zero-order chi connectivity index (χ0) is 25.9. The van der Waals surface area contributed by atoms with Crippen molar-refractivity contribution in [1.29, 1.82) is 0 Å². The van der Waals surface area contributed by atoms with Gasteiger partial charge in [0, 0.05) is 29.6 Å². The molecule has 1 aromatic carbocycles. The summed E-state index contributed by atoms with van der Waals surface area (Å²) >= 11 is 0. The minimum Gasteiger partial charge on any atom is -0.470 e. The molecule has 1 atom stereocenters. The molecule has 5 aromatic rings. The van der Waals surface area contributed by atoms with Crippen LogP contribution in [0.4, 0.5) is 0 Å². The molecule has 13 nitrogen and oxygen atoms in total. The molecule has 5 heterocycles. The Labute approximate surface area is 215 Å². The number of pyridine rings is 1. The van der Waals surface area contributed by atoms with E-state index < -0.39 is 5.91 Å². The lowest BCUT2D eigenvalue weighted by molar-refractivity contribution is -0.171. The first-order valence-electron chi connectivity index (χ1n) is 12.1. The number of benzene rings is 1. The van der Waals surface area contributed by atoms with Gasteiger partial charge in [0.05, 0.1) is 11.3 Å². The summed E-state index contributed by atoms with van der Waals surface area (Å²) in [4.78, 5) is 15.9. The molecule has 1 fully saturated rings. The maximum atomic E-state index is 11.7. The van der Waals surface area contributed by atoms with Crippen LogP contribution in [0.1, 0.15) is 41.1 Å². The third kappa shape index (κ3) is 4.77. The van der Waals surface area contributed by atoms with E-state index in [1.165, 1.54) is 6.20 Å². The number of carbonyl (C=O) groups excluding carboxylic acids is 1. The Kier molecular flexibility index (Phi) is 6.60. The number of carbonyl (C=O) groups is 1. The fraction of sp³-hybridized carbons (Fsp3) is 0.280. The Hall–Kier alpha value is -4.46. The Balaban J connectivity index is 1.26. The number of amides is 1. The molecular formula is C25H24N8O5. The van der Waals surface area contributed by atoms with E-state index in [0.717, 1.165) is 30.0 Å². The quantitative estimate of drug-likeness (QED) is 0.177. The number of hydrogen-bond acceptors (Lipinski definition) is 11. The summed E-state index contributed by atoms with van der Waals surface area (Å²) in [5.74, 6) is 6.05.